The number of anilines is 1. The first kappa shape index (κ1) is 11.7. The minimum absolute atomic E-state index is 0.0541. The van der Waals surface area contributed by atoms with Crippen molar-refractivity contribution in [3.05, 3.63) is 30.4 Å². The zero-order valence-corrected chi connectivity index (χ0v) is 12.6. The zero-order valence-electron chi connectivity index (χ0n) is 10.9. The summed E-state index contributed by atoms with van der Waals surface area (Å²) in [5.74, 6) is 2.40. The Morgan fingerprint density at radius 1 is 1.26 bits per heavy atom. The Morgan fingerprint density at radius 3 is 3.00 bits per heavy atom. The van der Waals surface area contributed by atoms with Crippen LogP contribution in [0.5, 0.6) is 0 Å². The molecule has 0 saturated heterocycles. The first-order valence-corrected chi connectivity index (χ1v) is 8.50. The number of rotatable bonds is 3. The summed E-state index contributed by atoms with van der Waals surface area (Å²) in [7, 11) is 0. The van der Waals surface area contributed by atoms with E-state index < -0.39 is 0 Å². The van der Waals surface area contributed by atoms with Crippen molar-refractivity contribution >= 4 is 31.7 Å². The fraction of sp³-hybridized carbons (Fsp3) is 0.467. The van der Waals surface area contributed by atoms with Crippen LogP contribution in [0.25, 0.3) is 11.0 Å². The summed E-state index contributed by atoms with van der Waals surface area (Å²) >= 11 is 0.0541. The van der Waals surface area contributed by atoms with Crippen molar-refractivity contribution in [2.75, 3.05) is 5.32 Å². The number of nitrogens with zero attached hydrogens (tertiary/aromatic N) is 2. The monoisotopic (exact) mass is 319 g/mol. The van der Waals surface area contributed by atoms with Crippen LogP contribution in [0.15, 0.2) is 30.4 Å². The summed E-state index contributed by atoms with van der Waals surface area (Å²) in [6.07, 6.45) is 7.54. The van der Waals surface area contributed by atoms with Gasteiger partial charge < -0.3 is 0 Å². The van der Waals surface area contributed by atoms with Gasteiger partial charge in [0, 0.05) is 0 Å². The van der Waals surface area contributed by atoms with E-state index in [9.17, 15) is 0 Å². The Hall–Kier alpha value is -1.12. The van der Waals surface area contributed by atoms with E-state index in [4.69, 9.17) is 0 Å². The van der Waals surface area contributed by atoms with E-state index in [1.54, 1.807) is 0 Å². The number of nitrogens with one attached hydrogen (secondary N) is 1. The zero-order chi connectivity index (χ0) is 12.8. The quantitative estimate of drug-likeness (QED) is 0.698. The third kappa shape index (κ3) is 1.94. The molecule has 2 aromatic rings. The predicted octanol–water partition coefficient (Wildman–Crippen LogP) is 2.70. The molecular weight excluding hydrogens is 301 g/mol. The van der Waals surface area contributed by atoms with E-state index in [2.05, 4.69) is 50.6 Å². The standard InChI is InChI=1S/C15H17N3Se/c1-9(12-8-10-5-6-11(12)7-10)16-13-3-2-4-14-15(13)18-19-17-14/h2-6,9-12,16H,7-8H2,1H3. The van der Waals surface area contributed by atoms with Crippen molar-refractivity contribution in [1.29, 1.82) is 0 Å². The molecule has 1 saturated carbocycles. The van der Waals surface area contributed by atoms with Crippen LogP contribution in [0.3, 0.4) is 0 Å². The van der Waals surface area contributed by atoms with E-state index in [-0.39, 0.29) is 15.0 Å². The van der Waals surface area contributed by atoms with Crippen LogP contribution in [-0.2, 0) is 0 Å². The van der Waals surface area contributed by atoms with Gasteiger partial charge in [0.2, 0.25) is 0 Å². The maximum atomic E-state index is 4.55. The molecule has 2 aliphatic carbocycles. The molecule has 2 bridgehead atoms. The third-order valence-corrected chi connectivity index (χ3v) is 5.78. The predicted molar refractivity (Wildman–Crippen MR) is 78.4 cm³/mol. The minimum atomic E-state index is 0.0541. The molecule has 98 valence electrons. The van der Waals surface area contributed by atoms with Gasteiger partial charge in [-0.05, 0) is 0 Å². The van der Waals surface area contributed by atoms with Crippen LogP contribution >= 0.6 is 0 Å². The van der Waals surface area contributed by atoms with E-state index >= 15 is 0 Å². The molecule has 0 spiro atoms. The van der Waals surface area contributed by atoms with Gasteiger partial charge in [0.05, 0.1) is 0 Å². The summed E-state index contributed by atoms with van der Waals surface area (Å²) in [6, 6.07) is 6.78. The molecule has 4 atom stereocenters. The topological polar surface area (TPSA) is 37.8 Å². The molecule has 3 nitrogen and oxygen atoms in total. The Balaban J connectivity index is 1.58. The van der Waals surface area contributed by atoms with Gasteiger partial charge in [-0.2, -0.15) is 0 Å². The first-order valence-electron chi connectivity index (χ1n) is 6.97. The van der Waals surface area contributed by atoms with Crippen LogP contribution in [-0.4, -0.2) is 29.0 Å². The SMILES string of the molecule is CC(Nc1cccc2n[se]nc12)C1CC2C=CC1C2. The van der Waals surface area contributed by atoms with E-state index in [0.717, 1.165) is 28.8 Å². The van der Waals surface area contributed by atoms with E-state index in [1.807, 2.05) is 0 Å². The average Bonchev–Trinajstić information content (AvgIpc) is 3.14. The van der Waals surface area contributed by atoms with Crippen LogP contribution in [0, 0.1) is 17.8 Å². The molecule has 0 amide bonds. The van der Waals surface area contributed by atoms with Gasteiger partial charge >= 0.3 is 119 Å². The number of allylic oxidation sites excluding steroid dienone is 2. The second kappa shape index (κ2) is 4.46. The fourth-order valence-electron chi connectivity index (χ4n) is 3.67. The van der Waals surface area contributed by atoms with Gasteiger partial charge in [-0.3, -0.25) is 0 Å². The molecule has 0 aliphatic heterocycles. The molecule has 4 rings (SSSR count). The molecule has 0 radical (unpaired) electrons. The Kier molecular flexibility index (Phi) is 2.75. The van der Waals surface area contributed by atoms with Crippen molar-refractivity contribution in [1.82, 2.24) is 7.96 Å². The second-order valence-corrected chi connectivity index (χ2v) is 6.92. The van der Waals surface area contributed by atoms with Gasteiger partial charge in [-0.25, -0.2) is 0 Å². The molecule has 1 heterocycles. The molecule has 1 aromatic carbocycles. The van der Waals surface area contributed by atoms with Crippen LogP contribution in [0.4, 0.5) is 5.69 Å². The average molecular weight is 318 g/mol. The number of benzene rings is 1. The molecule has 1 fully saturated rings. The Labute approximate surface area is 119 Å². The van der Waals surface area contributed by atoms with E-state index in [1.165, 1.54) is 18.5 Å². The van der Waals surface area contributed by atoms with Gasteiger partial charge in [0.25, 0.3) is 0 Å². The summed E-state index contributed by atoms with van der Waals surface area (Å²) in [4.78, 5) is 0. The summed E-state index contributed by atoms with van der Waals surface area (Å²) in [5.41, 5.74) is 3.30. The normalized spacial score (nSPS) is 30.1. The maximum absolute atomic E-state index is 4.55. The van der Waals surface area contributed by atoms with Crippen LogP contribution in [0.2, 0.25) is 0 Å². The Bertz CT molecular complexity index is 633. The number of hydrogen-bond donors (Lipinski definition) is 1. The van der Waals surface area contributed by atoms with Gasteiger partial charge in [-0.1, -0.05) is 0 Å². The molecule has 4 heteroatoms. The van der Waals surface area contributed by atoms with Gasteiger partial charge in [-0.15, -0.1) is 0 Å². The third-order valence-electron chi connectivity index (χ3n) is 4.64. The van der Waals surface area contributed by atoms with Crippen LogP contribution < -0.4 is 5.32 Å². The molecule has 1 N–H and O–H groups in total. The van der Waals surface area contributed by atoms with Gasteiger partial charge in [0.15, 0.2) is 0 Å². The molecule has 1 aromatic heterocycles. The molecule has 4 unspecified atom stereocenters. The van der Waals surface area contributed by atoms with Crippen molar-refractivity contribution in [3.8, 4) is 0 Å². The molecular formula is C15H17N3Se. The number of hydrogen-bond acceptors (Lipinski definition) is 3. The second-order valence-electron chi connectivity index (χ2n) is 5.81. The fourth-order valence-corrected chi connectivity index (χ4v) is 4.83. The van der Waals surface area contributed by atoms with Crippen molar-refractivity contribution < 1.29 is 0 Å². The number of fused-ring (bicyclic) bond motifs is 3. The van der Waals surface area contributed by atoms with Crippen molar-refractivity contribution in [2.45, 2.75) is 25.8 Å². The molecule has 19 heavy (non-hydrogen) atoms. The summed E-state index contributed by atoms with van der Waals surface area (Å²) in [5, 5.41) is 3.69. The first-order chi connectivity index (χ1) is 9.31. The van der Waals surface area contributed by atoms with Crippen molar-refractivity contribution in [2.24, 2.45) is 17.8 Å². The summed E-state index contributed by atoms with van der Waals surface area (Å²) < 4.78 is 8.99. The van der Waals surface area contributed by atoms with Gasteiger partial charge in [0.1, 0.15) is 0 Å². The van der Waals surface area contributed by atoms with Crippen LogP contribution in [0.1, 0.15) is 19.8 Å². The van der Waals surface area contributed by atoms with E-state index in [0.29, 0.717) is 6.04 Å². The summed E-state index contributed by atoms with van der Waals surface area (Å²) in [6.45, 7) is 2.32. The Morgan fingerprint density at radius 2 is 2.21 bits per heavy atom. The molecule has 2 aliphatic rings. The number of aromatic nitrogens is 2. The van der Waals surface area contributed by atoms with Crippen molar-refractivity contribution in [3.63, 3.8) is 0 Å².